The average molecular weight is 295 g/mol. The summed E-state index contributed by atoms with van der Waals surface area (Å²) in [4.78, 5) is 2.38. The van der Waals surface area contributed by atoms with Gasteiger partial charge in [0.1, 0.15) is 5.60 Å². The van der Waals surface area contributed by atoms with E-state index in [1.807, 2.05) is 60.7 Å². The Morgan fingerprint density at radius 2 is 1.55 bits per heavy atom. The van der Waals surface area contributed by atoms with Gasteiger partial charge in [0.15, 0.2) is 0 Å². The molecule has 0 spiro atoms. The summed E-state index contributed by atoms with van der Waals surface area (Å²) < 4.78 is 0. The van der Waals surface area contributed by atoms with Crippen LogP contribution in [0.1, 0.15) is 30.4 Å². The summed E-state index contributed by atoms with van der Waals surface area (Å²) in [5.41, 5.74) is 1.09. The van der Waals surface area contributed by atoms with Crippen LogP contribution in [0.3, 0.4) is 0 Å². The van der Waals surface area contributed by atoms with Crippen molar-refractivity contribution in [2.24, 2.45) is 5.92 Å². The normalized spacial score (nSPS) is 20.0. The Morgan fingerprint density at radius 1 is 1.00 bits per heavy atom. The Bertz CT molecular complexity index is 542. The molecule has 116 valence electrons. The maximum atomic E-state index is 11.6. The van der Waals surface area contributed by atoms with E-state index in [0.29, 0.717) is 5.92 Å². The lowest BCUT2D eigenvalue weighted by molar-refractivity contribution is 0.0367. The van der Waals surface area contributed by atoms with Crippen LogP contribution in [0.2, 0.25) is 0 Å². The van der Waals surface area contributed by atoms with Gasteiger partial charge in [-0.1, -0.05) is 60.7 Å². The number of hydrogen-bond acceptors (Lipinski definition) is 2. The average Bonchev–Trinajstić information content (AvgIpc) is 2.56. The zero-order valence-corrected chi connectivity index (χ0v) is 13.3. The Balaban J connectivity index is 1.93. The fourth-order valence-corrected chi connectivity index (χ4v) is 3.69. The smallest absolute Gasteiger partial charge is 0.115 e. The largest absolute Gasteiger partial charge is 0.380 e. The SMILES string of the molecule is CN1CCC[C@@H](CC(O)(c2ccccc2)c2ccccc2)C1. The van der Waals surface area contributed by atoms with E-state index < -0.39 is 5.60 Å². The summed E-state index contributed by atoms with van der Waals surface area (Å²) in [6, 6.07) is 20.2. The van der Waals surface area contributed by atoms with Crippen molar-refractivity contribution >= 4 is 0 Å². The molecule has 22 heavy (non-hydrogen) atoms. The maximum absolute atomic E-state index is 11.6. The van der Waals surface area contributed by atoms with E-state index in [2.05, 4.69) is 11.9 Å². The number of nitrogens with zero attached hydrogens (tertiary/aromatic N) is 1. The van der Waals surface area contributed by atoms with Crippen LogP contribution in [0.4, 0.5) is 0 Å². The molecule has 0 aliphatic carbocycles. The van der Waals surface area contributed by atoms with Gasteiger partial charge in [-0.05, 0) is 49.9 Å². The zero-order chi connectivity index (χ0) is 15.4. The van der Waals surface area contributed by atoms with Crippen LogP contribution in [-0.4, -0.2) is 30.1 Å². The van der Waals surface area contributed by atoms with Crippen molar-refractivity contribution in [1.82, 2.24) is 4.90 Å². The zero-order valence-electron chi connectivity index (χ0n) is 13.3. The van der Waals surface area contributed by atoms with E-state index in [0.717, 1.165) is 24.1 Å². The monoisotopic (exact) mass is 295 g/mol. The van der Waals surface area contributed by atoms with Crippen LogP contribution in [-0.2, 0) is 5.60 Å². The van der Waals surface area contributed by atoms with Crippen LogP contribution in [0.5, 0.6) is 0 Å². The van der Waals surface area contributed by atoms with Crippen molar-refractivity contribution in [2.75, 3.05) is 20.1 Å². The summed E-state index contributed by atoms with van der Waals surface area (Å²) >= 11 is 0. The summed E-state index contributed by atoms with van der Waals surface area (Å²) in [7, 11) is 2.18. The quantitative estimate of drug-likeness (QED) is 0.930. The van der Waals surface area contributed by atoms with Gasteiger partial charge >= 0.3 is 0 Å². The fourth-order valence-electron chi connectivity index (χ4n) is 3.69. The third-order valence-corrected chi connectivity index (χ3v) is 4.81. The van der Waals surface area contributed by atoms with Crippen molar-refractivity contribution in [3.63, 3.8) is 0 Å². The van der Waals surface area contributed by atoms with Crippen LogP contribution in [0.25, 0.3) is 0 Å². The molecule has 1 aliphatic heterocycles. The molecule has 3 rings (SSSR count). The minimum Gasteiger partial charge on any atom is -0.380 e. The first-order valence-electron chi connectivity index (χ1n) is 8.20. The van der Waals surface area contributed by atoms with Crippen molar-refractivity contribution in [2.45, 2.75) is 24.9 Å². The van der Waals surface area contributed by atoms with E-state index >= 15 is 0 Å². The molecule has 1 aliphatic rings. The highest BCUT2D eigenvalue weighted by Gasteiger charge is 2.35. The first kappa shape index (κ1) is 15.3. The number of likely N-dealkylation sites (tertiary alicyclic amines) is 1. The number of piperidine rings is 1. The molecule has 1 heterocycles. The highest BCUT2D eigenvalue weighted by atomic mass is 16.3. The van der Waals surface area contributed by atoms with Gasteiger partial charge in [0, 0.05) is 6.54 Å². The molecule has 2 nitrogen and oxygen atoms in total. The molecule has 0 saturated carbocycles. The molecule has 0 unspecified atom stereocenters. The second-order valence-electron chi connectivity index (χ2n) is 6.57. The van der Waals surface area contributed by atoms with Gasteiger partial charge in [-0.25, -0.2) is 0 Å². The van der Waals surface area contributed by atoms with Crippen molar-refractivity contribution in [3.05, 3.63) is 71.8 Å². The van der Waals surface area contributed by atoms with Gasteiger partial charge in [0.25, 0.3) is 0 Å². The molecule has 0 aromatic heterocycles. The molecule has 1 N–H and O–H groups in total. The second kappa shape index (κ2) is 6.64. The van der Waals surface area contributed by atoms with Gasteiger partial charge < -0.3 is 10.0 Å². The van der Waals surface area contributed by atoms with Crippen LogP contribution in [0, 0.1) is 5.92 Å². The van der Waals surface area contributed by atoms with Gasteiger partial charge in [0.05, 0.1) is 0 Å². The highest BCUT2D eigenvalue weighted by molar-refractivity contribution is 5.36. The Kier molecular flexibility index (Phi) is 4.60. The van der Waals surface area contributed by atoms with E-state index in [9.17, 15) is 5.11 Å². The van der Waals surface area contributed by atoms with Gasteiger partial charge in [-0.2, -0.15) is 0 Å². The first-order valence-corrected chi connectivity index (χ1v) is 8.20. The van der Waals surface area contributed by atoms with Crippen LogP contribution in [0.15, 0.2) is 60.7 Å². The Labute approximate surface area is 133 Å². The lowest BCUT2D eigenvalue weighted by atomic mass is 9.77. The molecule has 2 aromatic carbocycles. The minimum atomic E-state index is -0.897. The summed E-state index contributed by atoms with van der Waals surface area (Å²) in [6.45, 7) is 2.24. The highest BCUT2D eigenvalue weighted by Crippen LogP contribution is 2.37. The molecule has 2 heteroatoms. The van der Waals surface area contributed by atoms with Crippen molar-refractivity contribution < 1.29 is 5.11 Å². The predicted octanol–water partition coefficient (Wildman–Crippen LogP) is 3.65. The molecule has 0 amide bonds. The second-order valence-corrected chi connectivity index (χ2v) is 6.57. The number of rotatable bonds is 4. The summed E-state index contributed by atoms with van der Waals surface area (Å²) in [5.74, 6) is 0.532. The number of aliphatic hydroxyl groups is 1. The van der Waals surface area contributed by atoms with Crippen molar-refractivity contribution in [1.29, 1.82) is 0 Å². The molecule has 1 fully saturated rings. The third kappa shape index (κ3) is 3.23. The standard InChI is InChI=1S/C20H25NO/c1-21-14-8-9-17(16-21)15-20(22,18-10-4-2-5-11-18)19-12-6-3-7-13-19/h2-7,10-13,17,22H,8-9,14-16H2,1H3/t17-/m0/s1. The molecule has 2 aromatic rings. The molecule has 0 radical (unpaired) electrons. The Morgan fingerprint density at radius 3 is 2.05 bits per heavy atom. The summed E-state index contributed by atoms with van der Waals surface area (Å²) in [5, 5.41) is 11.6. The topological polar surface area (TPSA) is 23.5 Å². The van der Waals surface area contributed by atoms with Crippen molar-refractivity contribution in [3.8, 4) is 0 Å². The predicted molar refractivity (Wildman–Crippen MR) is 90.7 cm³/mol. The van der Waals surface area contributed by atoms with Gasteiger partial charge in [0.2, 0.25) is 0 Å². The van der Waals surface area contributed by atoms with Gasteiger partial charge in [-0.3, -0.25) is 0 Å². The number of hydrogen-bond donors (Lipinski definition) is 1. The summed E-state index contributed by atoms with van der Waals surface area (Å²) in [6.07, 6.45) is 3.21. The Hall–Kier alpha value is -1.64. The van der Waals surface area contributed by atoms with E-state index in [-0.39, 0.29) is 0 Å². The first-order chi connectivity index (χ1) is 10.7. The molecule has 1 saturated heterocycles. The fraction of sp³-hybridized carbons (Fsp3) is 0.400. The van der Waals surface area contributed by atoms with E-state index in [1.165, 1.54) is 19.4 Å². The minimum absolute atomic E-state index is 0.532. The molecule has 0 bridgehead atoms. The molecule has 1 atom stereocenters. The van der Waals surface area contributed by atoms with E-state index in [4.69, 9.17) is 0 Å². The lowest BCUT2D eigenvalue weighted by Crippen LogP contribution is -2.38. The lowest BCUT2D eigenvalue weighted by Gasteiger charge is -2.37. The maximum Gasteiger partial charge on any atom is 0.115 e. The third-order valence-electron chi connectivity index (χ3n) is 4.81. The van der Waals surface area contributed by atoms with E-state index in [1.54, 1.807) is 0 Å². The van der Waals surface area contributed by atoms with Crippen LogP contribution < -0.4 is 0 Å². The molecular weight excluding hydrogens is 270 g/mol. The number of benzene rings is 2. The van der Waals surface area contributed by atoms with Gasteiger partial charge in [-0.15, -0.1) is 0 Å². The van der Waals surface area contributed by atoms with Crippen LogP contribution >= 0.6 is 0 Å². The molecular formula is C20H25NO.